The Labute approximate surface area is 172 Å². The SMILES string of the molecule is O=C(NCc1ccccc1Cl)c1cn2cc(-c3cccc(C(F)(F)F)c3)sc2n1. The molecule has 2 heterocycles. The Morgan fingerprint density at radius 2 is 1.93 bits per heavy atom. The summed E-state index contributed by atoms with van der Waals surface area (Å²) in [5.74, 6) is -0.360. The molecule has 0 bridgehead atoms. The molecule has 0 aliphatic carbocycles. The van der Waals surface area contributed by atoms with Crippen LogP contribution in [0.2, 0.25) is 5.02 Å². The van der Waals surface area contributed by atoms with E-state index >= 15 is 0 Å². The second kappa shape index (κ2) is 7.53. The van der Waals surface area contributed by atoms with Gasteiger partial charge in [0.1, 0.15) is 5.69 Å². The number of aromatic nitrogens is 2. The Balaban J connectivity index is 1.53. The third-order valence-corrected chi connectivity index (χ3v) is 5.67. The molecule has 0 unspecified atom stereocenters. The molecule has 29 heavy (non-hydrogen) atoms. The van der Waals surface area contributed by atoms with Crippen LogP contribution in [0.3, 0.4) is 0 Å². The molecule has 0 atom stereocenters. The third kappa shape index (κ3) is 4.13. The van der Waals surface area contributed by atoms with Crippen molar-refractivity contribution in [1.29, 1.82) is 0 Å². The summed E-state index contributed by atoms with van der Waals surface area (Å²) < 4.78 is 40.4. The number of carbonyl (C=O) groups excluding carboxylic acids is 1. The average Bonchev–Trinajstić information content (AvgIpc) is 3.26. The summed E-state index contributed by atoms with van der Waals surface area (Å²) in [6.45, 7) is 0.263. The number of nitrogens with one attached hydrogen (secondary N) is 1. The minimum Gasteiger partial charge on any atom is -0.347 e. The van der Waals surface area contributed by atoms with Crippen molar-refractivity contribution in [1.82, 2.24) is 14.7 Å². The van der Waals surface area contributed by atoms with Crippen molar-refractivity contribution >= 4 is 33.8 Å². The second-order valence-electron chi connectivity index (χ2n) is 6.26. The highest BCUT2D eigenvalue weighted by Crippen LogP contribution is 2.34. The number of benzene rings is 2. The van der Waals surface area contributed by atoms with Gasteiger partial charge in [-0.3, -0.25) is 9.20 Å². The van der Waals surface area contributed by atoms with Crippen LogP contribution in [-0.2, 0) is 12.7 Å². The number of amides is 1. The summed E-state index contributed by atoms with van der Waals surface area (Å²) in [4.78, 5) is 17.8. The fourth-order valence-electron chi connectivity index (χ4n) is 2.80. The lowest BCUT2D eigenvalue weighted by molar-refractivity contribution is -0.137. The van der Waals surface area contributed by atoms with E-state index in [1.54, 1.807) is 35.0 Å². The van der Waals surface area contributed by atoms with Crippen LogP contribution in [0.15, 0.2) is 60.9 Å². The van der Waals surface area contributed by atoms with Crippen molar-refractivity contribution < 1.29 is 18.0 Å². The standard InChI is InChI=1S/C20H13ClF3N3OS/c21-15-7-2-1-4-13(15)9-25-18(28)16-10-27-11-17(29-19(27)26-16)12-5-3-6-14(8-12)20(22,23)24/h1-8,10-11H,9H2,(H,25,28). The maximum absolute atomic E-state index is 12.9. The van der Waals surface area contributed by atoms with Crippen LogP contribution in [0, 0.1) is 0 Å². The summed E-state index contributed by atoms with van der Waals surface area (Å²) in [6.07, 6.45) is -1.20. The molecule has 2 aromatic carbocycles. The predicted octanol–water partition coefficient (Wildman–Crippen LogP) is 5.67. The van der Waals surface area contributed by atoms with Crippen molar-refractivity contribution in [2.75, 3.05) is 0 Å². The van der Waals surface area contributed by atoms with Crippen LogP contribution < -0.4 is 5.32 Å². The summed E-state index contributed by atoms with van der Waals surface area (Å²) in [6, 6.07) is 12.3. The number of carbonyl (C=O) groups is 1. The number of hydrogen-bond acceptors (Lipinski definition) is 3. The molecule has 0 fully saturated rings. The number of thiazole rings is 1. The smallest absolute Gasteiger partial charge is 0.347 e. The van der Waals surface area contributed by atoms with Gasteiger partial charge in [0.15, 0.2) is 4.96 Å². The van der Waals surface area contributed by atoms with E-state index < -0.39 is 11.7 Å². The minimum atomic E-state index is -4.40. The van der Waals surface area contributed by atoms with Crippen molar-refractivity contribution in [2.24, 2.45) is 0 Å². The summed E-state index contributed by atoms with van der Waals surface area (Å²) >= 11 is 7.28. The van der Waals surface area contributed by atoms with E-state index in [2.05, 4.69) is 10.3 Å². The maximum atomic E-state index is 12.9. The second-order valence-corrected chi connectivity index (χ2v) is 7.68. The van der Waals surface area contributed by atoms with Crippen LogP contribution in [-0.4, -0.2) is 15.3 Å². The molecule has 4 nitrogen and oxygen atoms in total. The van der Waals surface area contributed by atoms with Gasteiger partial charge in [-0.1, -0.05) is 53.3 Å². The highest BCUT2D eigenvalue weighted by atomic mass is 35.5. The number of fused-ring (bicyclic) bond motifs is 1. The highest BCUT2D eigenvalue weighted by Gasteiger charge is 2.30. The first kappa shape index (κ1) is 19.5. The van der Waals surface area contributed by atoms with Crippen molar-refractivity contribution in [3.05, 3.63) is 82.8 Å². The van der Waals surface area contributed by atoms with E-state index in [9.17, 15) is 18.0 Å². The molecule has 148 valence electrons. The minimum absolute atomic E-state index is 0.221. The molecule has 0 aliphatic heterocycles. The Kier molecular flexibility index (Phi) is 5.06. The number of rotatable bonds is 4. The van der Waals surface area contributed by atoms with Gasteiger partial charge in [-0.25, -0.2) is 4.98 Å². The number of nitrogens with zero attached hydrogens (tertiary/aromatic N) is 2. The molecule has 4 aromatic rings. The molecule has 0 saturated carbocycles. The fraction of sp³-hybridized carbons (Fsp3) is 0.100. The molecular weight excluding hydrogens is 423 g/mol. The monoisotopic (exact) mass is 435 g/mol. The lowest BCUT2D eigenvalue weighted by Gasteiger charge is -2.07. The van der Waals surface area contributed by atoms with Crippen LogP contribution in [0.5, 0.6) is 0 Å². The van der Waals surface area contributed by atoms with E-state index in [-0.39, 0.29) is 18.1 Å². The zero-order valence-electron chi connectivity index (χ0n) is 14.7. The Bertz CT molecular complexity index is 1170. The molecule has 4 rings (SSSR count). The lowest BCUT2D eigenvalue weighted by atomic mass is 10.1. The van der Waals surface area contributed by atoms with Gasteiger partial charge in [-0.05, 0) is 29.3 Å². The molecule has 0 radical (unpaired) electrons. The first-order valence-electron chi connectivity index (χ1n) is 8.49. The molecule has 2 aromatic heterocycles. The van der Waals surface area contributed by atoms with E-state index in [1.807, 2.05) is 12.1 Å². The summed E-state index contributed by atoms with van der Waals surface area (Å²) in [7, 11) is 0. The largest absolute Gasteiger partial charge is 0.416 e. The topological polar surface area (TPSA) is 46.4 Å². The first-order chi connectivity index (χ1) is 13.8. The molecule has 1 amide bonds. The summed E-state index contributed by atoms with van der Waals surface area (Å²) in [5.41, 5.74) is 0.745. The van der Waals surface area contributed by atoms with Crippen LogP contribution >= 0.6 is 22.9 Å². The quantitative estimate of drug-likeness (QED) is 0.449. The molecule has 0 saturated heterocycles. The van der Waals surface area contributed by atoms with Gasteiger partial charge in [0.2, 0.25) is 0 Å². The zero-order chi connectivity index (χ0) is 20.6. The molecule has 0 aliphatic rings. The Morgan fingerprint density at radius 3 is 2.66 bits per heavy atom. The number of hydrogen-bond donors (Lipinski definition) is 1. The average molecular weight is 436 g/mol. The van der Waals surface area contributed by atoms with E-state index in [0.717, 1.165) is 17.7 Å². The fourth-order valence-corrected chi connectivity index (χ4v) is 3.96. The molecule has 9 heteroatoms. The number of imidazole rings is 1. The first-order valence-corrected chi connectivity index (χ1v) is 9.68. The van der Waals surface area contributed by atoms with Gasteiger partial charge in [0.05, 0.1) is 10.4 Å². The van der Waals surface area contributed by atoms with Gasteiger partial charge in [0, 0.05) is 24.0 Å². The molecule has 1 N–H and O–H groups in total. The Hall–Kier alpha value is -2.84. The predicted molar refractivity (Wildman–Crippen MR) is 106 cm³/mol. The molecule has 0 spiro atoms. The number of halogens is 4. The zero-order valence-corrected chi connectivity index (χ0v) is 16.3. The van der Waals surface area contributed by atoms with Gasteiger partial charge in [-0.2, -0.15) is 13.2 Å². The van der Waals surface area contributed by atoms with Gasteiger partial charge in [0.25, 0.3) is 5.91 Å². The van der Waals surface area contributed by atoms with Crippen LogP contribution in [0.4, 0.5) is 13.2 Å². The normalized spacial score (nSPS) is 11.7. The van der Waals surface area contributed by atoms with Gasteiger partial charge < -0.3 is 5.32 Å². The van der Waals surface area contributed by atoms with Crippen molar-refractivity contribution in [3.63, 3.8) is 0 Å². The maximum Gasteiger partial charge on any atom is 0.416 e. The third-order valence-electron chi connectivity index (χ3n) is 4.26. The van der Waals surface area contributed by atoms with Crippen molar-refractivity contribution in [2.45, 2.75) is 12.7 Å². The molecular formula is C20H13ClF3N3OS. The van der Waals surface area contributed by atoms with E-state index in [0.29, 0.717) is 20.4 Å². The van der Waals surface area contributed by atoms with Crippen LogP contribution in [0.1, 0.15) is 21.6 Å². The summed E-state index contributed by atoms with van der Waals surface area (Å²) in [5, 5.41) is 3.32. The lowest BCUT2D eigenvalue weighted by Crippen LogP contribution is -2.23. The van der Waals surface area contributed by atoms with Crippen LogP contribution in [0.25, 0.3) is 15.4 Å². The Morgan fingerprint density at radius 1 is 1.14 bits per heavy atom. The van der Waals surface area contributed by atoms with E-state index in [4.69, 9.17) is 11.6 Å². The highest BCUT2D eigenvalue weighted by molar-refractivity contribution is 7.20. The number of alkyl halides is 3. The van der Waals surface area contributed by atoms with Gasteiger partial charge in [-0.15, -0.1) is 0 Å². The van der Waals surface area contributed by atoms with Gasteiger partial charge >= 0.3 is 6.18 Å². The van der Waals surface area contributed by atoms with E-state index in [1.165, 1.54) is 17.4 Å². The van der Waals surface area contributed by atoms with Crippen molar-refractivity contribution in [3.8, 4) is 10.4 Å².